The van der Waals surface area contributed by atoms with E-state index >= 15 is 0 Å². The van der Waals surface area contributed by atoms with Crippen molar-refractivity contribution >= 4 is 125 Å². The van der Waals surface area contributed by atoms with Crippen LogP contribution in [0.2, 0.25) is 0 Å². The zero-order valence-electron chi connectivity index (χ0n) is 65.4. The number of fused-ring (bicyclic) bond motifs is 9. The van der Waals surface area contributed by atoms with Crippen molar-refractivity contribution in [1.29, 1.82) is 0 Å². The zero-order chi connectivity index (χ0) is 75.7. The van der Waals surface area contributed by atoms with Gasteiger partial charge in [0.15, 0.2) is 6.20 Å². The minimum Gasteiger partial charge on any atom is -0.877 e. The number of hydrogen-bond donors (Lipinski definition) is 0. The van der Waals surface area contributed by atoms with E-state index in [1.165, 1.54) is 5.39 Å². The van der Waals surface area contributed by atoms with Gasteiger partial charge in [0.05, 0.1) is 34.2 Å². The van der Waals surface area contributed by atoms with Gasteiger partial charge in [0.2, 0.25) is 39.3 Å². The molecule has 0 amide bonds. The number of H-pyrrole nitrogens is 4. The Balaban J connectivity index is 0.000000173. The number of benzene rings is 13. The first-order chi connectivity index (χ1) is 53.9. The minimum absolute atomic E-state index is 0. The zero-order valence-corrected chi connectivity index (χ0v) is 70.7. The summed E-state index contributed by atoms with van der Waals surface area (Å²) in [6.07, 6.45) is 5.43. The predicted molar refractivity (Wildman–Crippen MR) is 433 cm³/mol. The fourth-order valence-corrected chi connectivity index (χ4v) is 13.4. The van der Waals surface area contributed by atoms with Crippen LogP contribution in [0.3, 0.4) is 0 Å². The van der Waals surface area contributed by atoms with Crippen LogP contribution in [0.4, 0.5) is 0 Å². The van der Waals surface area contributed by atoms with Gasteiger partial charge in [0.25, 0.3) is 0 Å². The summed E-state index contributed by atoms with van der Waals surface area (Å²) >= 11 is 0. The van der Waals surface area contributed by atoms with Crippen molar-refractivity contribution in [3.8, 4) is 73.8 Å². The molecule has 19 aromatic rings. The molecule has 0 saturated carbocycles. The largest absolute Gasteiger partial charge is 2.00 e. The van der Waals surface area contributed by atoms with Crippen LogP contribution in [0.1, 0.15) is 16.8 Å². The van der Waals surface area contributed by atoms with Crippen LogP contribution in [0.5, 0.6) is 28.7 Å². The number of hydrogen-bond acceptors (Lipinski definition) is 6. The predicted octanol–water partition coefficient (Wildman–Crippen LogP) is 0.255. The van der Waals surface area contributed by atoms with Gasteiger partial charge in [-0.1, -0.05) is 295 Å². The third-order valence-corrected chi connectivity index (χ3v) is 18.7. The number of nitrogens with one attached hydrogen (secondary N) is 4. The molecule has 6 heterocycles. The molecule has 4 N–H and O–H groups in total. The molecule has 0 atom stereocenters. The van der Waals surface area contributed by atoms with Crippen molar-refractivity contribution in [3.05, 3.63) is 420 Å². The van der Waals surface area contributed by atoms with Crippen LogP contribution < -0.4 is 187 Å². The smallest absolute Gasteiger partial charge is 0.877 e. The topological polar surface area (TPSA) is 203 Å². The first-order valence-corrected chi connectivity index (χ1v) is 35.7. The van der Waals surface area contributed by atoms with Crippen LogP contribution in [-0.4, -0.2) is 37.7 Å². The maximum Gasteiger partial charge on any atom is 2.00 e. The van der Waals surface area contributed by atoms with E-state index in [1.807, 2.05) is 297 Å². The van der Waals surface area contributed by atoms with Crippen molar-refractivity contribution in [2.24, 2.45) is 0 Å². The third-order valence-electron chi connectivity index (χ3n) is 18.7. The molecule has 19 rings (SSSR count). The first-order valence-electron chi connectivity index (χ1n) is 35.7. The molecule has 0 aliphatic heterocycles. The van der Waals surface area contributed by atoms with Crippen molar-refractivity contribution in [3.63, 3.8) is 0 Å². The van der Waals surface area contributed by atoms with Crippen LogP contribution in [-0.2, 0) is 0 Å². The number of aromatic amines is 4. The molecule has 0 aliphatic carbocycles. The van der Waals surface area contributed by atoms with Crippen molar-refractivity contribution in [1.82, 2.24) is 0 Å². The molecule has 0 spiro atoms. The Morgan fingerprint density at radius 2 is 0.672 bits per heavy atom. The summed E-state index contributed by atoms with van der Waals surface area (Å²) in [4.78, 5) is 13.2. The molecular formula is C98H72CaKLi4N6O6+5. The van der Waals surface area contributed by atoms with Crippen LogP contribution in [0.15, 0.2) is 389 Å². The molecule has 532 valence electrons. The molecule has 0 unspecified atom stereocenters. The Labute approximate surface area is 794 Å². The molecule has 12 nitrogen and oxygen atoms in total. The van der Waals surface area contributed by atoms with Gasteiger partial charge in [-0.05, 0) is 111 Å². The fourth-order valence-electron chi connectivity index (χ4n) is 13.4. The summed E-state index contributed by atoms with van der Waals surface area (Å²) in [6.45, 7) is 0. The Morgan fingerprint density at radius 1 is 0.284 bits per heavy atom. The van der Waals surface area contributed by atoms with Crippen LogP contribution >= 0.6 is 0 Å². The number of pyridine rings is 6. The average Bonchev–Trinajstić information content (AvgIpc) is 0.773. The van der Waals surface area contributed by atoms with Gasteiger partial charge >= 0.3 is 165 Å². The SMILES string of the molecule is [CH2-][n+]1cccc2c3ccccc3cc([O-])c21.[CH2-][n+]1ccccc1C([O-])=C(c1ccccc1)c1ccccc1.[Ca+2].[K+].[Li+].[Li+].[Li+].[Li+].[O-]c1ccccc1-c1[nH+]c2ccccc2c2ccccc12.[O-]c1ccccc1-c1[nH+]ccc2ccccc12.[O-]c1ccccc1-c1ccc2ccccc2[nH+]1.[O-]c1ccccc1-c1ccc2ccccc2[nH+]1. The number of nitrogens with zero attached hydrogens (tertiary/aromatic N) is 2. The van der Waals surface area contributed by atoms with Gasteiger partial charge in [-0.15, -0.1) is 0 Å². The molecule has 6 aromatic heterocycles. The van der Waals surface area contributed by atoms with E-state index in [9.17, 15) is 30.6 Å². The van der Waals surface area contributed by atoms with E-state index in [1.54, 1.807) is 82.2 Å². The van der Waals surface area contributed by atoms with Gasteiger partial charge < -0.3 is 39.8 Å². The van der Waals surface area contributed by atoms with Crippen LogP contribution in [0, 0.1) is 14.1 Å². The van der Waals surface area contributed by atoms with E-state index in [0.717, 1.165) is 98.9 Å². The monoisotopic (exact) mass is 1540 g/mol. The summed E-state index contributed by atoms with van der Waals surface area (Å²) in [6, 6.07) is 117. The van der Waals surface area contributed by atoms with Gasteiger partial charge in [0, 0.05) is 88.9 Å². The molecule has 0 saturated heterocycles. The molecular weight excluding hydrogens is 1460 g/mol. The Bertz CT molecular complexity index is 6360. The maximum absolute atomic E-state index is 13.1. The van der Waals surface area contributed by atoms with Gasteiger partial charge in [-0.25, -0.2) is 19.9 Å². The van der Waals surface area contributed by atoms with Crippen molar-refractivity contribution in [2.45, 2.75) is 0 Å². The molecule has 0 radical (unpaired) electrons. The van der Waals surface area contributed by atoms with E-state index in [4.69, 9.17) is 0 Å². The van der Waals surface area contributed by atoms with Crippen LogP contribution in [0.25, 0.3) is 132 Å². The Hall–Kier alpha value is -9.85. The van der Waals surface area contributed by atoms with Crippen molar-refractivity contribution in [2.75, 3.05) is 0 Å². The number of para-hydroxylation sites is 7. The van der Waals surface area contributed by atoms with E-state index < -0.39 is 0 Å². The summed E-state index contributed by atoms with van der Waals surface area (Å²) in [7, 11) is 7.73. The average molecular weight is 1540 g/mol. The summed E-state index contributed by atoms with van der Waals surface area (Å²) < 4.78 is 3.23. The first kappa shape index (κ1) is 91.7. The van der Waals surface area contributed by atoms with Gasteiger partial charge in [-0.2, -0.15) is 0 Å². The van der Waals surface area contributed by atoms with E-state index in [-0.39, 0.29) is 199 Å². The summed E-state index contributed by atoms with van der Waals surface area (Å²) in [5.41, 5.74) is 13.1. The van der Waals surface area contributed by atoms with Gasteiger partial charge in [-0.3, -0.25) is 0 Å². The normalized spacial score (nSPS) is 10.1. The Morgan fingerprint density at radius 3 is 1.19 bits per heavy atom. The molecule has 0 bridgehead atoms. The number of rotatable bonds is 7. The second kappa shape index (κ2) is 44.5. The molecule has 0 fully saturated rings. The molecule has 13 aromatic carbocycles. The van der Waals surface area contributed by atoms with Crippen molar-refractivity contribution < 1.29 is 187 Å². The number of aromatic nitrogens is 6. The molecule has 18 heteroatoms. The van der Waals surface area contributed by atoms with E-state index in [2.05, 4.69) is 52.2 Å². The standard InChI is InChI=1S/C20H17NO.C19H13NO.3C15H11NO.C14H11NO.Ca.K.4Li/c1-21-15-9-8-14-18(21)20(22)19(16-10-4-2-5-11-16)17-12-6-3-7-13-17;21-18-12-6-4-10-16(18)19-15-9-2-1-7-13(15)14-8-3-5-11-17(14)20-19;2*17-15-8-4-2-6-12(15)14-10-9-11-5-1-3-7-13(11)16-14;17-14-8-4-3-7-13(14)15-12-6-2-1-5-11(12)9-10-16-15;1-15-8-4-7-12-11-6-3-2-5-10(11)9-13(16)14(12)15;;;;;;/h2-15,22H,1H2;1-12,21H;3*1-10,17H;2-9,16H,1H2;;;;;;/q;;;;;;+2;5*+1/p-2. The third kappa shape index (κ3) is 21.9. The minimum atomic E-state index is -0.0343. The second-order valence-corrected chi connectivity index (χ2v) is 25.8. The van der Waals surface area contributed by atoms with E-state index in [0.29, 0.717) is 39.0 Å². The quantitative estimate of drug-likeness (QED) is 0.0720. The van der Waals surface area contributed by atoms with Gasteiger partial charge in [0.1, 0.15) is 5.52 Å². The molecule has 0 aliphatic rings. The maximum atomic E-state index is 13.1. The fraction of sp³-hybridized carbons (Fsp3) is 0. The summed E-state index contributed by atoms with van der Waals surface area (Å²) in [5.74, 6) is 0.143. The molecule has 116 heavy (non-hydrogen) atoms. The summed E-state index contributed by atoms with van der Waals surface area (Å²) in [5, 5.41) is 83.4. The second-order valence-electron chi connectivity index (χ2n) is 25.8. The Kier molecular flexibility index (Phi) is 35.1.